The molecule has 0 amide bonds. The Labute approximate surface area is 122 Å². The number of rotatable bonds is 5. The predicted molar refractivity (Wildman–Crippen MR) is 72.7 cm³/mol. The van der Waals surface area contributed by atoms with Crippen LogP contribution in [0.4, 0.5) is 8.78 Å². The number of hydrogen-bond acceptors (Lipinski definition) is 4. The number of esters is 1. The molecule has 1 unspecified atom stereocenters. The summed E-state index contributed by atoms with van der Waals surface area (Å²) >= 11 is 0. The maximum Gasteiger partial charge on any atom is 0.307 e. The van der Waals surface area contributed by atoms with Gasteiger partial charge in [0.25, 0.3) is 0 Å². The van der Waals surface area contributed by atoms with Crippen LogP contribution in [0.5, 0.6) is 0 Å². The minimum atomic E-state index is -0.672. The van der Waals surface area contributed by atoms with Crippen molar-refractivity contribution in [2.24, 2.45) is 0 Å². The van der Waals surface area contributed by atoms with Crippen LogP contribution in [-0.4, -0.2) is 43.8 Å². The average Bonchev–Trinajstić information content (AvgIpc) is 2.47. The van der Waals surface area contributed by atoms with Crippen molar-refractivity contribution in [3.8, 4) is 0 Å². The van der Waals surface area contributed by atoms with E-state index in [-0.39, 0.29) is 18.6 Å². The normalized spacial score (nSPS) is 17.5. The first kappa shape index (κ1) is 15.9. The van der Waals surface area contributed by atoms with Gasteiger partial charge >= 0.3 is 5.97 Å². The zero-order valence-corrected chi connectivity index (χ0v) is 12.0. The van der Waals surface area contributed by atoms with Crippen molar-refractivity contribution in [1.29, 1.82) is 0 Å². The molecule has 0 N–H and O–H groups in total. The molecule has 1 fully saturated rings. The fourth-order valence-corrected chi connectivity index (χ4v) is 2.51. The number of ether oxygens (including phenoxy) is 2. The van der Waals surface area contributed by atoms with Crippen LogP contribution < -0.4 is 0 Å². The van der Waals surface area contributed by atoms with E-state index in [4.69, 9.17) is 9.47 Å². The highest BCUT2D eigenvalue weighted by molar-refractivity contribution is 5.70. The standard InChI is InChI=1S/C15H19F2NO3/c1-2-21-14(19)10-13(18-6-8-20-9-7-18)15-11(16)4-3-5-12(15)17/h3-5,13H,2,6-10H2,1H3. The summed E-state index contributed by atoms with van der Waals surface area (Å²) in [5.74, 6) is -1.75. The number of carbonyl (C=O) groups excluding carboxylic acids is 1. The molecule has 0 aromatic heterocycles. The Hall–Kier alpha value is -1.53. The number of morpholine rings is 1. The summed E-state index contributed by atoms with van der Waals surface area (Å²) in [6.07, 6.45) is -0.0777. The highest BCUT2D eigenvalue weighted by Gasteiger charge is 2.30. The molecule has 6 heteroatoms. The second-order valence-electron chi connectivity index (χ2n) is 4.81. The molecule has 21 heavy (non-hydrogen) atoms. The van der Waals surface area contributed by atoms with Gasteiger partial charge in [0.1, 0.15) is 11.6 Å². The summed E-state index contributed by atoms with van der Waals surface area (Å²) in [7, 11) is 0. The molecule has 1 heterocycles. The molecule has 1 aliphatic heterocycles. The van der Waals surface area contributed by atoms with Crippen LogP contribution in [0.2, 0.25) is 0 Å². The number of benzene rings is 1. The van der Waals surface area contributed by atoms with Crippen molar-refractivity contribution in [3.63, 3.8) is 0 Å². The lowest BCUT2D eigenvalue weighted by atomic mass is 10.00. The predicted octanol–water partition coefficient (Wildman–Crippen LogP) is 2.29. The number of carbonyl (C=O) groups is 1. The molecule has 0 radical (unpaired) electrons. The largest absolute Gasteiger partial charge is 0.466 e. The van der Waals surface area contributed by atoms with Crippen LogP contribution in [0.25, 0.3) is 0 Å². The quantitative estimate of drug-likeness (QED) is 0.782. The van der Waals surface area contributed by atoms with Gasteiger partial charge < -0.3 is 9.47 Å². The van der Waals surface area contributed by atoms with Crippen LogP contribution in [0.15, 0.2) is 18.2 Å². The summed E-state index contributed by atoms with van der Waals surface area (Å²) in [4.78, 5) is 13.6. The Bertz CT molecular complexity index is 470. The summed E-state index contributed by atoms with van der Waals surface area (Å²) in [6, 6.07) is 3.05. The molecule has 0 spiro atoms. The maximum absolute atomic E-state index is 14.0. The van der Waals surface area contributed by atoms with Gasteiger partial charge in [-0.1, -0.05) is 6.07 Å². The van der Waals surface area contributed by atoms with E-state index < -0.39 is 23.6 Å². The third-order valence-electron chi connectivity index (χ3n) is 3.48. The maximum atomic E-state index is 14.0. The third kappa shape index (κ3) is 3.98. The van der Waals surface area contributed by atoms with Gasteiger partial charge in [-0.25, -0.2) is 8.78 Å². The molecule has 4 nitrogen and oxygen atoms in total. The van der Waals surface area contributed by atoms with Crippen LogP contribution in [0, 0.1) is 11.6 Å². The van der Waals surface area contributed by atoms with Gasteiger partial charge in [0.2, 0.25) is 0 Å². The van der Waals surface area contributed by atoms with E-state index in [1.807, 2.05) is 4.90 Å². The Morgan fingerprint density at radius 2 is 1.95 bits per heavy atom. The van der Waals surface area contributed by atoms with Crippen molar-refractivity contribution < 1.29 is 23.0 Å². The molecule has 1 aliphatic rings. The van der Waals surface area contributed by atoms with E-state index in [1.54, 1.807) is 6.92 Å². The lowest BCUT2D eigenvalue weighted by Crippen LogP contribution is -2.40. The summed E-state index contributed by atoms with van der Waals surface area (Å²) in [5, 5.41) is 0. The van der Waals surface area contributed by atoms with Crippen LogP contribution >= 0.6 is 0 Å². The molecule has 2 rings (SSSR count). The van der Waals surface area contributed by atoms with Gasteiger partial charge in [-0.3, -0.25) is 9.69 Å². The zero-order chi connectivity index (χ0) is 15.2. The summed E-state index contributed by atoms with van der Waals surface area (Å²) in [6.45, 7) is 3.96. The van der Waals surface area contributed by atoms with Gasteiger partial charge in [-0.15, -0.1) is 0 Å². The minimum Gasteiger partial charge on any atom is -0.466 e. The van der Waals surface area contributed by atoms with Gasteiger partial charge in [-0.05, 0) is 19.1 Å². The Morgan fingerprint density at radius 1 is 1.33 bits per heavy atom. The zero-order valence-electron chi connectivity index (χ0n) is 12.0. The first-order chi connectivity index (χ1) is 10.1. The first-order valence-corrected chi connectivity index (χ1v) is 7.04. The van der Waals surface area contributed by atoms with E-state index in [9.17, 15) is 13.6 Å². The third-order valence-corrected chi connectivity index (χ3v) is 3.48. The Kier molecular flexibility index (Phi) is 5.64. The molecule has 1 atom stereocenters. The monoisotopic (exact) mass is 299 g/mol. The fourth-order valence-electron chi connectivity index (χ4n) is 2.51. The lowest BCUT2D eigenvalue weighted by molar-refractivity contribution is -0.145. The van der Waals surface area contributed by atoms with E-state index in [0.29, 0.717) is 26.3 Å². The molecule has 1 saturated heterocycles. The lowest BCUT2D eigenvalue weighted by Gasteiger charge is -2.34. The highest BCUT2D eigenvalue weighted by atomic mass is 19.1. The summed E-state index contributed by atoms with van der Waals surface area (Å²) in [5.41, 5.74) is -0.0764. The Balaban J connectivity index is 2.28. The van der Waals surface area contributed by atoms with E-state index >= 15 is 0 Å². The SMILES string of the molecule is CCOC(=O)CC(c1c(F)cccc1F)N1CCOCC1. The van der Waals surface area contributed by atoms with Crippen LogP contribution in [0.3, 0.4) is 0 Å². The number of nitrogens with zero attached hydrogens (tertiary/aromatic N) is 1. The second kappa shape index (κ2) is 7.47. The molecular weight excluding hydrogens is 280 g/mol. The fraction of sp³-hybridized carbons (Fsp3) is 0.533. The number of hydrogen-bond donors (Lipinski definition) is 0. The highest BCUT2D eigenvalue weighted by Crippen LogP contribution is 2.30. The van der Waals surface area contributed by atoms with E-state index in [0.717, 1.165) is 0 Å². The smallest absolute Gasteiger partial charge is 0.307 e. The van der Waals surface area contributed by atoms with Crippen molar-refractivity contribution in [2.45, 2.75) is 19.4 Å². The second-order valence-corrected chi connectivity index (χ2v) is 4.81. The van der Waals surface area contributed by atoms with Crippen LogP contribution in [0.1, 0.15) is 24.9 Å². The van der Waals surface area contributed by atoms with Gasteiger partial charge in [0.05, 0.1) is 32.3 Å². The van der Waals surface area contributed by atoms with Gasteiger partial charge in [0.15, 0.2) is 0 Å². The molecule has 0 aliphatic carbocycles. The molecule has 1 aromatic carbocycles. The Morgan fingerprint density at radius 3 is 2.52 bits per heavy atom. The topological polar surface area (TPSA) is 38.8 Å². The molecule has 116 valence electrons. The summed E-state index contributed by atoms with van der Waals surface area (Å²) < 4.78 is 38.3. The molecular formula is C15H19F2NO3. The van der Waals surface area contributed by atoms with E-state index in [1.165, 1.54) is 18.2 Å². The first-order valence-electron chi connectivity index (χ1n) is 7.04. The van der Waals surface area contributed by atoms with Gasteiger partial charge in [-0.2, -0.15) is 0 Å². The number of halogens is 2. The van der Waals surface area contributed by atoms with Crippen molar-refractivity contribution in [3.05, 3.63) is 35.4 Å². The average molecular weight is 299 g/mol. The minimum absolute atomic E-state index is 0.0764. The van der Waals surface area contributed by atoms with Crippen molar-refractivity contribution in [1.82, 2.24) is 4.90 Å². The van der Waals surface area contributed by atoms with E-state index in [2.05, 4.69) is 0 Å². The molecule has 0 saturated carbocycles. The van der Waals surface area contributed by atoms with Crippen molar-refractivity contribution >= 4 is 5.97 Å². The molecule has 1 aromatic rings. The van der Waals surface area contributed by atoms with Gasteiger partial charge in [0, 0.05) is 18.7 Å². The molecule has 0 bridgehead atoms. The van der Waals surface area contributed by atoms with Crippen molar-refractivity contribution in [2.75, 3.05) is 32.9 Å². The van der Waals surface area contributed by atoms with Crippen LogP contribution in [-0.2, 0) is 14.3 Å².